The van der Waals surface area contributed by atoms with E-state index in [2.05, 4.69) is 55.4 Å². The van der Waals surface area contributed by atoms with Crippen molar-refractivity contribution in [3.8, 4) is 17.2 Å². The molecular formula is C96H134N6O29. The molecule has 0 fully saturated rings. The van der Waals surface area contributed by atoms with Crippen molar-refractivity contribution in [1.29, 1.82) is 0 Å². The number of aliphatic carboxylic acids is 12. The van der Waals surface area contributed by atoms with Crippen LogP contribution in [0.2, 0.25) is 0 Å². The van der Waals surface area contributed by atoms with E-state index in [9.17, 15) is 77.3 Å². The van der Waals surface area contributed by atoms with Gasteiger partial charge >= 0.3 is 71.6 Å². The van der Waals surface area contributed by atoms with Crippen molar-refractivity contribution in [2.75, 3.05) is 120 Å². The number of hydrogen-bond acceptors (Lipinski definition) is 21. The Kier molecular flexibility index (Phi) is 55.4. The molecule has 0 aliphatic carbocycles. The Morgan fingerprint density at radius 3 is 1.03 bits per heavy atom. The second-order valence-electron chi connectivity index (χ2n) is 33.5. The Morgan fingerprint density at radius 1 is 0.305 bits per heavy atom. The molecule has 0 spiro atoms. The molecule has 0 saturated carbocycles. The van der Waals surface area contributed by atoms with Crippen LogP contribution in [0, 0.1) is 5.41 Å². The number of para-hydroxylation sites is 1. The molecule has 0 aliphatic heterocycles. The van der Waals surface area contributed by atoms with Crippen molar-refractivity contribution in [2.24, 2.45) is 5.41 Å². The molecule has 0 bridgehead atoms. The first-order valence-electron chi connectivity index (χ1n) is 43.2. The molecule has 6 aromatic carbocycles. The molecule has 0 atom stereocenters. The van der Waals surface area contributed by atoms with Crippen LogP contribution in [0.25, 0.3) is 0 Å². The number of aryl methyl sites for hydroxylation is 1. The predicted octanol–water partition coefficient (Wildman–Crippen LogP) is 14.0. The first-order chi connectivity index (χ1) is 61.6. The number of ether oxygens (including phenoxy) is 3. The van der Waals surface area contributed by atoms with E-state index < -0.39 is 123 Å². The Labute approximate surface area is 765 Å². The summed E-state index contributed by atoms with van der Waals surface area (Å²) in [6.45, 7) is 19.7. The maximum atomic E-state index is 12.2. The molecule has 0 heterocycles. The molecular weight excluding hydrogens is 1700 g/mol. The first-order valence-corrected chi connectivity index (χ1v) is 43.2. The Balaban J connectivity index is 0.000000792. The summed E-state index contributed by atoms with van der Waals surface area (Å²) in [6, 6.07) is 43.8. The molecule has 35 nitrogen and oxygen atoms in total. The lowest BCUT2D eigenvalue weighted by Crippen LogP contribution is -2.39. The maximum Gasteiger partial charge on any atom is 0.323 e. The molecule has 12 N–H and O–H groups in total. The van der Waals surface area contributed by atoms with E-state index in [0.29, 0.717) is 47.5 Å². The highest BCUT2D eigenvalue weighted by Gasteiger charge is 2.31. The number of amides is 2. The Bertz CT molecular complexity index is 4380. The van der Waals surface area contributed by atoms with Gasteiger partial charge in [-0.05, 0) is 150 Å². The van der Waals surface area contributed by atoms with Gasteiger partial charge in [0.2, 0.25) is 0 Å². The molecule has 35 heteroatoms. The number of anilines is 3. The van der Waals surface area contributed by atoms with Gasteiger partial charge in [-0.15, -0.1) is 0 Å². The van der Waals surface area contributed by atoms with Gasteiger partial charge in [-0.2, -0.15) is 0 Å². The summed E-state index contributed by atoms with van der Waals surface area (Å²) in [4.78, 5) is 160. The van der Waals surface area contributed by atoms with Gasteiger partial charge in [0.05, 0.1) is 32.0 Å². The molecule has 0 saturated heterocycles. The lowest BCUT2D eigenvalue weighted by atomic mass is 9.72. The number of nitrogens with zero attached hydrogens (tertiary/aromatic N) is 6. The molecule has 131 heavy (non-hydrogen) atoms. The van der Waals surface area contributed by atoms with Crippen LogP contribution in [0.3, 0.4) is 0 Å². The summed E-state index contributed by atoms with van der Waals surface area (Å²) >= 11 is 0. The summed E-state index contributed by atoms with van der Waals surface area (Å²) in [5.74, 6) is -12.8. The minimum atomic E-state index is -1.25. The van der Waals surface area contributed by atoms with E-state index in [4.69, 9.17) is 65.3 Å². The van der Waals surface area contributed by atoms with Crippen molar-refractivity contribution in [3.05, 3.63) is 179 Å². The summed E-state index contributed by atoms with van der Waals surface area (Å²) in [5.41, 5.74) is 5.37. The van der Waals surface area contributed by atoms with Crippen LogP contribution in [0.15, 0.2) is 152 Å². The highest BCUT2D eigenvalue weighted by molar-refractivity contribution is 5.98. The van der Waals surface area contributed by atoms with Crippen LogP contribution in [-0.4, -0.2) is 264 Å². The fourth-order valence-electron chi connectivity index (χ4n) is 13.1. The van der Waals surface area contributed by atoms with Gasteiger partial charge in [0.1, 0.15) is 89.3 Å². The molecule has 0 radical (unpaired) electrons. The number of carboxylic acids is 12. The van der Waals surface area contributed by atoms with E-state index >= 15 is 0 Å². The number of benzene rings is 6. The van der Waals surface area contributed by atoms with E-state index in [0.717, 1.165) is 65.9 Å². The van der Waals surface area contributed by atoms with Crippen LogP contribution in [0.4, 0.5) is 17.1 Å². The number of rotatable bonds is 54. The van der Waals surface area contributed by atoms with E-state index in [1.807, 2.05) is 69.3 Å². The number of carbonyl (C=O) groups excluding carboxylic acids is 2. The zero-order chi connectivity index (χ0) is 98.8. The molecule has 6 rings (SSSR count). The van der Waals surface area contributed by atoms with Gasteiger partial charge in [0.25, 0.3) is 11.8 Å². The summed E-state index contributed by atoms with van der Waals surface area (Å²) in [6.07, 6.45) is 18.5. The normalized spacial score (nSPS) is 10.7. The predicted molar refractivity (Wildman–Crippen MR) is 493 cm³/mol. The fourth-order valence-corrected chi connectivity index (χ4v) is 13.1. The van der Waals surface area contributed by atoms with Crippen molar-refractivity contribution in [1.82, 2.24) is 14.7 Å². The molecule has 722 valence electrons. The van der Waals surface area contributed by atoms with Crippen LogP contribution < -0.4 is 28.9 Å². The van der Waals surface area contributed by atoms with Gasteiger partial charge in [0.15, 0.2) is 0 Å². The topological polar surface area (TPSA) is 529 Å². The zero-order valence-corrected chi connectivity index (χ0v) is 77.1. The smallest absolute Gasteiger partial charge is 0.323 e. The van der Waals surface area contributed by atoms with Crippen molar-refractivity contribution in [2.45, 2.75) is 190 Å². The monoisotopic (exact) mass is 1830 g/mol. The third kappa shape index (κ3) is 54.6. The Hall–Kier alpha value is -13.3. The maximum absolute atomic E-state index is 12.2. The minimum absolute atomic E-state index is 0.0661. The van der Waals surface area contributed by atoms with Crippen LogP contribution in [0.1, 0.15) is 210 Å². The summed E-state index contributed by atoms with van der Waals surface area (Å²) < 4.78 is 16.9. The largest absolute Gasteiger partial charge is 0.494 e. The average molecular weight is 1840 g/mol. The third-order valence-corrected chi connectivity index (χ3v) is 18.9. The van der Waals surface area contributed by atoms with Gasteiger partial charge in [0, 0.05) is 29.0 Å². The SMILES string of the molecule is CC(C)(C)c1ccc(C(=O)N(CC(=O)O)CC(=O)O)cc1.CCCCCCCCOc1ccc(N(CC(=O)O)CC(=O)O)cc1.CCCCCCCCc1ccc(N(CC(=O)O)CC(=O)O)cc1.CCCCOc1ccc(C(C)(C)CC(C)(C)C)cc1N(CC(=O)O)CC(=O)O.O=C(O)CN(CC(=O)O)C(=O)c1ccccc1.O=C(O)CN(CCOc1ccccc1)CC(=O)O. The average Bonchev–Trinajstić information content (AvgIpc) is 0.792. The number of hydrogen-bond donors (Lipinski definition) is 12. The van der Waals surface area contributed by atoms with E-state index in [1.54, 1.807) is 91.0 Å². The zero-order valence-electron chi connectivity index (χ0n) is 77.1. The van der Waals surface area contributed by atoms with Crippen LogP contribution >= 0.6 is 0 Å². The Morgan fingerprint density at radius 2 is 0.641 bits per heavy atom. The lowest BCUT2D eigenvalue weighted by Gasteiger charge is -2.34. The number of carboxylic acid groups (broad SMARTS) is 12. The van der Waals surface area contributed by atoms with E-state index in [-0.39, 0.29) is 79.8 Å². The van der Waals surface area contributed by atoms with Crippen molar-refractivity contribution < 1.29 is 143 Å². The van der Waals surface area contributed by atoms with Gasteiger partial charge in [-0.25, -0.2) is 0 Å². The molecule has 0 aliphatic rings. The highest BCUT2D eigenvalue weighted by Crippen LogP contribution is 2.40. The first kappa shape index (κ1) is 116. The molecule has 6 aromatic rings. The van der Waals surface area contributed by atoms with Crippen LogP contribution in [0.5, 0.6) is 17.2 Å². The van der Waals surface area contributed by atoms with Gasteiger partial charge in [-0.3, -0.25) is 72.0 Å². The quantitative estimate of drug-likeness (QED) is 0.0158. The second kappa shape index (κ2) is 62.8. The number of carbonyl (C=O) groups is 14. The lowest BCUT2D eigenvalue weighted by molar-refractivity contribution is -0.143. The van der Waals surface area contributed by atoms with E-state index in [1.165, 1.54) is 95.1 Å². The van der Waals surface area contributed by atoms with Crippen molar-refractivity contribution >= 4 is 101 Å². The van der Waals surface area contributed by atoms with Crippen molar-refractivity contribution in [3.63, 3.8) is 0 Å². The molecule has 2 amide bonds. The molecule has 0 unspecified atom stereocenters. The van der Waals surface area contributed by atoms with Gasteiger partial charge in [-0.1, -0.05) is 214 Å². The highest BCUT2D eigenvalue weighted by atomic mass is 16.5. The van der Waals surface area contributed by atoms with Gasteiger partial charge < -0.3 is 100.0 Å². The molecule has 0 aromatic heterocycles. The minimum Gasteiger partial charge on any atom is -0.494 e. The van der Waals surface area contributed by atoms with Crippen LogP contribution in [-0.2, 0) is 74.8 Å². The fraction of sp³-hybridized carbons (Fsp3) is 0.479. The standard InChI is InChI=1S/C22H35NO5.C18H27NO5.C18H27NO4.C15H19NO5.C12H15NO5.C11H11NO5/c1-7-8-11-28-18-10-9-16(22(5,6)15-21(2,3)4)12-17(18)23(13-19(24)25)14-20(26)27;1-2-3-4-5-6-7-12-24-16-10-8-15(9-11-16)19(13-17(20)21)14-18(22)23;1-2-3-4-5-6-7-8-15-9-11-16(12-10-15)19(13-17(20)21)14-18(22)23;1-15(2,3)11-6-4-10(5-7-11)14(21)16(8-12(17)18)9-13(19)20;14-11(15)8-13(9-12(16)17)6-7-18-10-4-2-1-3-5-10;13-9(14)6-12(7-10(15)16)11(17)8-4-2-1-3-5-8/h9-10,12H,7-8,11,13-15H2,1-6H3,(H,24,25)(H,26,27);8-11H,2-7,12-14H2,1H3,(H,20,21)(H,22,23);9-12H,2-8,13-14H2,1H3,(H,20,21)(H,22,23);4-7H,8-9H2,1-3H3,(H,17,18)(H,19,20);1-5H,6-9H2,(H,14,15)(H,16,17);1-5H,6-7H2,(H,13,14)(H,15,16). The summed E-state index contributed by atoms with van der Waals surface area (Å²) in [7, 11) is 0. The number of unbranched alkanes of at least 4 members (excludes halogenated alkanes) is 11. The third-order valence-electron chi connectivity index (χ3n) is 18.9. The second-order valence-corrected chi connectivity index (χ2v) is 33.5. The summed E-state index contributed by atoms with van der Waals surface area (Å²) in [5, 5.41) is 106.